The van der Waals surface area contributed by atoms with Gasteiger partial charge < -0.3 is 43.5 Å². The van der Waals surface area contributed by atoms with E-state index in [1.54, 1.807) is 51.8 Å². The van der Waals surface area contributed by atoms with E-state index in [0.29, 0.717) is 17.6 Å². The van der Waals surface area contributed by atoms with Gasteiger partial charge in [0.2, 0.25) is 5.91 Å². The minimum Gasteiger partial charge on any atom is -0.455 e. The zero-order chi connectivity index (χ0) is 45.4. The topological polar surface area (TPSA) is 174 Å². The molecule has 3 fully saturated rings. The Morgan fingerprint density at radius 2 is 1.72 bits per heavy atom. The summed E-state index contributed by atoms with van der Waals surface area (Å²) in [5.74, 6) is -6.28. The van der Waals surface area contributed by atoms with Gasteiger partial charge in [-0.05, 0) is 79.6 Å². The maximum Gasteiger partial charge on any atom is 0.410 e. The van der Waals surface area contributed by atoms with Crippen molar-refractivity contribution in [3.63, 3.8) is 0 Å². The number of ether oxygens (including phenoxy) is 5. The van der Waals surface area contributed by atoms with Crippen LogP contribution in [0.4, 0.5) is 14.9 Å². The molecule has 3 aliphatic heterocycles. The number of anilines is 1. The van der Waals surface area contributed by atoms with Gasteiger partial charge in [0.1, 0.15) is 18.0 Å². The van der Waals surface area contributed by atoms with Crippen molar-refractivity contribution in [3.05, 3.63) is 36.5 Å². The van der Waals surface area contributed by atoms with E-state index in [2.05, 4.69) is 4.98 Å². The van der Waals surface area contributed by atoms with Gasteiger partial charge in [0.25, 0.3) is 5.67 Å². The van der Waals surface area contributed by atoms with Crippen LogP contribution in [0.5, 0.6) is 0 Å². The molecule has 0 unspecified atom stereocenters. The van der Waals surface area contributed by atoms with Gasteiger partial charge in [-0.25, -0.2) is 14.0 Å². The second-order valence-corrected chi connectivity index (χ2v) is 18.0. The minimum atomic E-state index is -3.22. The van der Waals surface area contributed by atoms with E-state index in [4.69, 9.17) is 23.7 Å². The van der Waals surface area contributed by atoms with Gasteiger partial charge in [-0.2, -0.15) is 0 Å². The molecule has 0 radical (unpaired) electrons. The number of halogens is 1. The standard InChI is InChI=1S/C45H65FN4O11/c1-13-34-45(9)37(50(42(56)61-45)22-16-21-49(29(6)51)32-19-20-47-31-18-15-14-17-30(31)32)27(4)35(52)25(2)24-43(7,57-12)39(28(5)38(54)44(8,46)41(55)59-34)60-40-36(53)33(48(10)11)23-26(3)58-40/h14-15,17-20,25-28,33-34,36-37,39-40,53H,13,16,21-24H2,1-12H3/t25-,26-,27+,28+,33+,34-,36-,37-,39-,40+,43+,44+,45-/m1/s1. The SMILES string of the molecule is CC[C@H]1OC(=O)[C@@](C)(F)C(=O)[C@H](C)[C@@H](O[C@@H]2O[C@H](C)C[C@H](N(C)C)[C@H]2O)[C@@](C)(OC)C[C@@H](C)C(=O)[C@H](C)[C@H]2N(CCCN(C(C)=O)c3ccnc4ccccc34)C(=O)O[C@]12C. The van der Waals surface area contributed by atoms with Crippen molar-refractivity contribution in [2.45, 2.75) is 148 Å². The van der Waals surface area contributed by atoms with Crippen molar-refractivity contribution >= 4 is 46.1 Å². The number of benzene rings is 1. The van der Waals surface area contributed by atoms with E-state index < -0.39 is 83.1 Å². The Bertz CT molecular complexity index is 1940. The first kappa shape index (κ1) is 48.0. The first-order valence-electron chi connectivity index (χ1n) is 21.3. The third-order valence-corrected chi connectivity index (χ3v) is 13.3. The van der Waals surface area contributed by atoms with Crippen LogP contribution in [0.3, 0.4) is 0 Å². The van der Waals surface area contributed by atoms with Gasteiger partial charge in [-0.15, -0.1) is 0 Å². The predicted molar refractivity (Wildman–Crippen MR) is 224 cm³/mol. The van der Waals surface area contributed by atoms with Crippen molar-refractivity contribution in [3.8, 4) is 0 Å². The Labute approximate surface area is 358 Å². The lowest BCUT2D eigenvalue weighted by Gasteiger charge is -2.47. The molecule has 338 valence electrons. The van der Waals surface area contributed by atoms with E-state index in [1.165, 1.54) is 25.9 Å². The fourth-order valence-electron chi connectivity index (χ4n) is 9.88. The fourth-order valence-corrected chi connectivity index (χ4v) is 9.88. The van der Waals surface area contributed by atoms with Crippen LogP contribution in [0.2, 0.25) is 0 Å². The van der Waals surface area contributed by atoms with E-state index in [9.17, 15) is 29.1 Å². The van der Waals surface area contributed by atoms with Gasteiger partial charge >= 0.3 is 12.1 Å². The summed E-state index contributed by atoms with van der Waals surface area (Å²) in [5, 5.41) is 12.2. The number of alkyl halides is 1. The predicted octanol–water partition coefficient (Wildman–Crippen LogP) is 5.27. The molecule has 1 aromatic heterocycles. The molecule has 0 saturated carbocycles. The van der Waals surface area contributed by atoms with E-state index in [0.717, 1.165) is 12.3 Å². The highest BCUT2D eigenvalue weighted by Crippen LogP contribution is 2.44. The van der Waals surface area contributed by atoms with Crippen LogP contribution in [0.1, 0.15) is 88.0 Å². The molecule has 15 nitrogen and oxygen atoms in total. The summed E-state index contributed by atoms with van der Waals surface area (Å²) in [4.78, 5) is 79.4. The van der Waals surface area contributed by atoms with E-state index in [1.807, 2.05) is 50.2 Å². The number of aromatic nitrogens is 1. The molecule has 3 saturated heterocycles. The van der Waals surface area contributed by atoms with E-state index in [-0.39, 0.29) is 56.2 Å². The molecule has 0 bridgehead atoms. The lowest BCUT2D eigenvalue weighted by atomic mass is 9.73. The number of esters is 1. The molecule has 1 aromatic carbocycles. The normalized spacial score (nSPS) is 36.7. The molecular formula is C45H65FN4O11. The quantitative estimate of drug-likeness (QED) is 0.242. The Morgan fingerprint density at radius 3 is 2.34 bits per heavy atom. The number of likely N-dealkylation sites (N-methyl/N-ethyl adjacent to an activating group) is 1. The molecule has 2 amide bonds. The molecule has 1 N–H and O–H groups in total. The lowest BCUT2D eigenvalue weighted by molar-refractivity contribution is -0.295. The molecule has 0 spiro atoms. The number of methoxy groups -OCH3 is 1. The Kier molecular flexibility index (Phi) is 14.7. The number of pyridine rings is 1. The Hall–Kier alpha value is -4.09. The van der Waals surface area contributed by atoms with E-state index >= 15 is 4.39 Å². The molecule has 0 aliphatic carbocycles. The van der Waals surface area contributed by atoms with Crippen molar-refractivity contribution in [2.24, 2.45) is 17.8 Å². The molecular weight excluding hydrogens is 792 g/mol. The number of hydrogen-bond acceptors (Lipinski definition) is 13. The van der Waals surface area contributed by atoms with Gasteiger partial charge in [-0.3, -0.25) is 19.4 Å². The molecule has 4 heterocycles. The highest BCUT2D eigenvalue weighted by Gasteiger charge is 2.61. The number of cyclic esters (lactones) is 1. The summed E-state index contributed by atoms with van der Waals surface area (Å²) in [6.07, 6.45) is -3.82. The van der Waals surface area contributed by atoms with Crippen LogP contribution >= 0.6 is 0 Å². The molecule has 16 heteroatoms. The maximum atomic E-state index is 17.0. The number of Topliss-reactive ketones (excluding diaryl/α,β-unsaturated/α-hetero) is 2. The van der Waals surface area contributed by atoms with Crippen molar-refractivity contribution < 1.29 is 57.2 Å². The number of fused-ring (bicyclic) bond motifs is 2. The number of carbonyl (C=O) groups excluding carboxylic acids is 5. The summed E-state index contributed by atoms with van der Waals surface area (Å²) in [6.45, 7) is 14.0. The van der Waals surface area contributed by atoms with Gasteiger partial charge in [0, 0.05) is 62.5 Å². The first-order valence-corrected chi connectivity index (χ1v) is 21.3. The smallest absolute Gasteiger partial charge is 0.410 e. The monoisotopic (exact) mass is 856 g/mol. The number of aliphatic hydroxyl groups is 1. The molecule has 61 heavy (non-hydrogen) atoms. The number of ketones is 2. The summed E-state index contributed by atoms with van der Waals surface area (Å²) in [6, 6.07) is 7.79. The molecule has 13 atom stereocenters. The van der Waals surface area contributed by atoms with Gasteiger partial charge in [0.15, 0.2) is 17.7 Å². The third-order valence-electron chi connectivity index (χ3n) is 13.3. The van der Waals surface area contributed by atoms with Crippen molar-refractivity contribution in [1.29, 1.82) is 0 Å². The van der Waals surface area contributed by atoms with Crippen LogP contribution in [0.15, 0.2) is 36.5 Å². The summed E-state index contributed by atoms with van der Waals surface area (Å²) < 4.78 is 47.6. The van der Waals surface area contributed by atoms with Crippen LogP contribution < -0.4 is 4.90 Å². The number of rotatable bonds is 10. The summed E-state index contributed by atoms with van der Waals surface area (Å²) in [5.41, 5.74) is -5.01. The second kappa shape index (κ2) is 18.7. The average Bonchev–Trinajstić information content (AvgIpc) is 3.48. The third kappa shape index (κ3) is 9.34. The number of para-hydroxylation sites is 1. The van der Waals surface area contributed by atoms with Crippen molar-refractivity contribution in [1.82, 2.24) is 14.8 Å². The second-order valence-electron chi connectivity index (χ2n) is 18.0. The zero-order valence-corrected chi connectivity index (χ0v) is 37.7. The number of amides is 2. The average molecular weight is 857 g/mol. The van der Waals surface area contributed by atoms with Crippen LogP contribution in [-0.4, -0.2) is 143 Å². The summed E-state index contributed by atoms with van der Waals surface area (Å²) >= 11 is 0. The van der Waals surface area contributed by atoms with Gasteiger partial charge in [0.05, 0.1) is 35.1 Å². The molecule has 2 aromatic rings. The number of nitrogens with zero attached hydrogens (tertiary/aromatic N) is 4. The number of carbonyl (C=O) groups is 5. The zero-order valence-electron chi connectivity index (χ0n) is 37.7. The summed E-state index contributed by atoms with van der Waals surface area (Å²) in [7, 11) is 5.01. The molecule has 3 aliphatic rings. The largest absolute Gasteiger partial charge is 0.455 e. The fraction of sp³-hybridized carbons (Fsp3) is 0.689. The van der Waals surface area contributed by atoms with Gasteiger partial charge in [-0.1, -0.05) is 45.9 Å². The lowest BCUT2D eigenvalue weighted by Crippen LogP contribution is -2.61. The Morgan fingerprint density at radius 1 is 1.05 bits per heavy atom. The first-order chi connectivity index (χ1) is 28.5. The molecule has 5 rings (SSSR count). The van der Waals surface area contributed by atoms with Crippen LogP contribution in [-0.2, 0) is 42.9 Å². The van der Waals surface area contributed by atoms with Crippen molar-refractivity contribution in [2.75, 3.05) is 39.2 Å². The van der Waals surface area contributed by atoms with Crippen LogP contribution in [0, 0.1) is 17.8 Å². The number of hydrogen-bond donors (Lipinski definition) is 1. The van der Waals surface area contributed by atoms with Crippen LogP contribution in [0.25, 0.3) is 10.9 Å². The highest BCUT2D eigenvalue weighted by atomic mass is 19.1. The highest BCUT2D eigenvalue weighted by molar-refractivity contribution is 6.08. The number of aliphatic hydroxyl groups excluding tert-OH is 1. The minimum absolute atomic E-state index is 0.0407. The maximum absolute atomic E-state index is 17.0. The Balaban J connectivity index is 1.52.